The van der Waals surface area contributed by atoms with Crippen molar-refractivity contribution in [3.8, 4) is 0 Å². The van der Waals surface area contributed by atoms with Crippen LogP contribution in [0.15, 0.2) is 60.7 Å². The second kappa shape index (κ2) is 7.34. The van der Waals surface area contributed by atoms with E-state index in [9.17, 15) is 0 Å². The molecule has 0 aliphatic heterocycles. The van der Waals surface area contributed by atoms with Crippen LogP contribution >= 0.6 is 0 Å². The minimum atomic E-state index is 0.191. The Labute approximate surface area is 141 Å². The van der Waals surface area contributed by atoms with Crippen LogP contribution in [0, 0.1) is 18.8 Å². The van der Waals surface area contributed by atoms with Gasteiger partial charge in [0.15, 0.2) is 0 Å². The molecule has 1 radical (unpaired) electrons. The van der Waals surface area contributed by atoms with Gasteiger partial charge in [0, 0.05) is 5.41 Å². The van der Waals surface area contributed by atoms with Crippen LogP contribution in [-0.2, 0) is 11.8 Å². The molecule has 0 N–H and O–H groups in total. The fraction of sp³-hybridized carbons (Fsp3) is 0.435. The van der Waals surface area contributed by atoms with Gasteiger partial charge in [0.25, 0.3) is 0 Å². The number of hydrogen-bond donors (Lipinski definition) is 0. The van der Waals surface area contributed by atoms with Crippen molar-refractivity contribution in [3.63, 3.8) is 0 Å². The van der Waals surface area contributed by atoms with E-state index < -0.39 is 0 Å². The first-order chi connectivity index (χ1) is 11.3. The fourth-order valence-electron chi connectivity index (χ4n) is 4.41. The zero-order valence-corrected chi connectivity index (χ0v) is 14.4. The normalized spacial score (nSPS) is 18.9. The quantitative estimate of drug-likeness (QED) is 0.570. The van der Waals surface area contributed by atoms with Gasteiger partial charge in [-0.25, -0.2) is 0 Å². The predicted molar refractivity (Wildman–Crippen MR) is 99.4 cm³/mol. The van der Waals surface area contributed by atoms with Gasteiger partial charge in [0.1, 0.15) is 0 Å². The fourth-order valence-corrected chi connectivity index (χ4v) is 4.41. The van der Waals surface area contributed by atoms with E-state index in [0.717, 1.165) is 12.3 Å². The van der Waals surface area contributed by atoms with Gasteiger partial charge < -0.3 is 0 Å². The first-order valence-corrected chi connectivity index (χ1v) is 9.20. The molecule has 121 valence electrons. The van der Waals surface area contributed by atoms with Crippen LogP contribution in [0.3, 0.4) is 0 Å². The standard InChI is InChI=1S/C23H29/c1-3-11-19(2)23(22-16-10-17-22,21-14-8-5-9-15-21)18-20-12-6-4-7-13-20/h4-9,12-15,19,22H,2-3,10-11,16-18H2,1H3. The molecule has 0 heteroatoms. The third-order valence-corrected chi connectivity index (χ3v) is 5.85. The zero-order valence-electron chi connectivity index (χ0n) is 14.4. The highest BCUT2D eigenvalue weighted by molar-refractivity contribution is 5.33. The summed E-state index contributed by atoms with van der Waals surface area (Å²) in [7, 11) is 0. The van der Waals surface area contributed by atoms with Crippen molar-refractivity contribution >= 4 is 0 Å². The van der Waals surface area contributed by atoms with Crippen LogP contribution in [0.5, 0.6) is 0 Å². The molecule has 3 rings (SSSR count). The Balaban J connectivity index is 2.05. The number of benzene rings is 2. The minimum absolute atomic E-state index is 0.191. The molecule has 1 saturated carbocycles. The van der Waals surface area contributed by atoms with Crippen molar-refractivity contribution in [2.75, 3.05) is 0 Å². The maximum atomic E-state index is 4.68. The molecular formula is C23H29. The van der Waals surface area contributed by atoms with Crippen molar-refractivity contribution < 1.29 is 0 Å². The Morgan fingerprint density at radius 1 is 1.00 bits per heavy atom. The van der Waals surface area contributed by atoms with Crippen LogP contribution in [-0.4, -0.2) is 0 Å². The average Bonchev–Trinajstić information content (AvgIpc) is 2.54. The number of rotatable bonds is 7. The van der Waals surface area contributed by atoms with Crippen molar-refractivity contribution in [2.24, 2.45) is 11.8 Å². The highest BCUT2D eigenvalue weighted by Gasteiger charge is 2.46. The second-order valence-electron chi connectivity index (χ2n) is 7.18. The van der Waals surface area contributed by atoms with Gasteiger partial charge in [-0.2, -0.15) is 0 Å². The van der Waals surface area contributed by atoms with Crippen molar-refractivity contribution in [3.05, 3.63) is 78.7 Å². The Morgan fingerprint density at radius 2 is 1.61 bits per heavy atom. The van der Waals surface area contributed by atoms with E-state index >= 15 is 0 Å². The monoisotopic (exact) mass is 305 g/mol. The molecule has 0 aromatic heterocycles. The summed E-state index contributed by atoms with van der Waals surface area (Å²) in [6, 6.07) is 22.3. The third kappa shape index (κ3) is 3.22. The molecule has 2 aromatic rings. The van der Waals surface area contributed by atoms with E-state index in [2.05, 4.69) is 74.5 Å². The molecule has 2 atom stereocenters. The topological polar surface area (TPSA) is 0 Å². The summed E-state index contributed by atoms with van der Waals surface area (Å²) in [5.74, 6) is 1.25. The summed E-state index contributed by atoms with van der Waals surface area (Å²) in [6.07, 6.45) is 7.64. The van der Waals surface area contributed by atoms with Crippen LogP contribution in [0.4, 0.5) is 0 Å². The third-order valence-electron chi connectivity index (χ3n) is 5.85. The maximum absolute atomic E-state index is 4.68. The van der Waals surface area contributed by atoms with Crippen LogP contribution in [0.2, 0.25) is 0 Å². The molecule has 1 fully saturated rings. The molecule has 0 saturated heterocycles. The summed E-state index contributed by atoms with van der Waals surface area (Å²) in [4.78, 5) is 0. The first-order valence-electron chi connectivity index (χ1n) is 9.20. The van der Waals surface area contributed by atoms with E-state index in [1.54, 1.807) is 0 Å². The molecule has 0 bridgehead atoms. The van der Waals surface area contributed by atoms with E-state index in [0.29, 0.717) is 5.92 Å². The van der Waals surface area contributed by atoms with E-state index in [-0.39, 0.29) is 5.41 Å². The molecule has 1 aliphatic rings. The molecular weight excluding hydrogens is 276 g/mol. The van der Waals surface area contributed by atoms with Gasteiger partial charge in [-0.15, -0.1) is 0 Å². The van der Waals surface area contributed by atoms with Gasteiger partial charge in [0.2, 0.25) is 0 Å². The SMILES string of the molecule is [CH2]C(CCC)C(Cc1ccccc1)(c1ccccc1)C1CCC1. The summed E-state index contributed by atoms with van der Waals surface area (Å²) < 4.78 is 0. The molecule has 2 unspecified atom stereocenters. The molecule has 23 heavy (non-hydrogen) atoms. The molecule has 2 aromatic carbocycles. The lowest BCUT2D eigenvalue weighted by atomic mass is 9.54. The molecule has 0 spiro atoms. The lowest BCUT2D eigenvalue weighted by molar-refractivity contribution is 0.110. The van der Waals surface area contributed by atoms with E-state index in [1.807, 2.05) is 0 Å². The Kier molecular flexibility index (Phi) is 5.20. The Bertz CT molecular complexity index is 582. The van der Waals surface area contributed by atoms with Crippen LogP contribution < -0.4 is 0 Å². The van der Waals surface area contributed by atoms with E-state index in [1.165, 1.54) is 43.2 Å². The second-order valence-corrected chi connectivity index (χ2v) is 7.18. The molecule has 0 amide bonds. The summed E-state index contributed by atoms with van der Waals surface area (Å²) >= 11 is 0. The van der Waals surface area contributed by atoms with Crippen molar-refractivity contribution in [1.82, 2.24) is 0 Å². The first kappa shape index (κ1) is 16.3. The molecule has 1 aliphatic carbocycles. The van der Waals surface area contributed by atoms with Gasteiger partial charge in [-0.05, 0) is 55.6 Å². The highest BCUT2D eigenvalue weighted by atomic mass is 14.5. The molecule has 0 heterocycles. The summed E-state index contributed by atoms with van der Waals surface area (Å²) in [6.45, 7) is 6.96. The predicted octanol–water partition coefficient (Wildman–Crippen LogP) is 6.22. The van der Waals surface area contributed by atoms with Crippen LogP contribution in [0.25, 0.3) is 0 Å². The maximum Gasteiger partial charge on any atom is 0.00497 e. The van der Waals surface area contributed by atoms with Gasteiger partial charge in [-0.1, -0.05) is 80.4 Å². The van der Waals surface area contributed by atoms with E-state index in [4.69, 9.17) is 0 Å². The van der Waals surface area contributed by atoms with Crippen LogP contribution in [0.1, 0.15) is 50.2 Å². The van der Waals surface area contributed by atoms with Gasteiger partial charge >= 0.3 is 0 Å². The number of hydrogen-bond acceptors (Lipinski definition) is 0. The summed E-state index contributed by atoms with van der Waals surface area (Å²) in [5, 5.41) is 0. The Hall–Kier alpha value is -1.56. The minimum Gasteiger partial charge on any atom is -0.0654 e. The molecule has 0 nitrogen and oxygen atoms in total. The lowest BCUT2D eigenvalue weighted by Crippen LogP contribution is -2.46. The smallest absolute Gasteiger partial charge is 0.00497 e. The average molecular weight is 305 g/mol. The van der Waals surface area contributed by atoms with Crippen molar-refractivity contribution in [2.45, 2.75) is 50.9 Å². The highest BCUT2D eigenvalue weighted by Crippen LogP contribution is 2.51. The van der Waals surface area contributed by atoms with Gasteiger partial charge in [-0.3, -0.25) is 0 Å². The Morgan fingerprint density at radius 3 is 2.13 bits per heavy atom. The summed E-state index contributed by atoms with van der Waals surface area (Å²) in [5.41, 5.74) is 3.15. The zero-order chi connectivity index (χ0) is 16.1. The lowest BCUT2D eigenvalue weighted by Gasteiger charge is -2.50. The largest absolute Gasteiger partial charge is 0.0654 e. The van der Waals surface area contributed by atoms with Gasteiger partial charge in [0.05, 0.1) is 0 Å². The van der Waals surface area contributed by atoms with Crippen molar-refractivity contribution in [1.29, 1.82) is 0 Å².